The van der Waals surface area contributed by atoms with Gasteiger partial charge in [-0.1, -0.05) is 0 Å². The number of carbonyl (C=O) groups excluding carboxylic acids is 2. The summed E-state index contributed by atoms with van der Waals surface area (Å²) in [5, 5.41) is 13.9. The molecule has 0 aliphatic heterocycles. The van der Waals surface area contributed by atoms with E-state index in [0.29, 0.717) is 5.92 Å². The third kappa shape index (κ3) is 5.86. The number of nitrogens with one attached hydrogen (secondary N) is 2. The van der Waals surface area contributed by atoms with Crippen LogP contribution in [0.15, 0.2) is 0 Å². The van der Waals surface area contributed by atoms with Crippen molar-refractivity contribution in [1.29, 1.82) is 0 Å². The fourth-order valence-corrected chi connectivity index (χ4v) is 1.36. The van der Waals surface area contributed by atoms with E-state index in [1.165, 1.54) is 12.8 Å². The highest BCUT2D eigenvalue weighted by Crippen LogP contribution is 2.27. The smallest absolute Gasteiger partial charge is 0.326 e. The highest BCUT2D eigenvalue weighted by atomic mass is 16.4. The first-order chi connectivity index (χ1) is 7.99. The summed E-state index contributed by atoms with van der Waals surface area (Å²) in [6.45, 7) is 0.819. The SMILES string of the molecule is NC(=O)C[C@H](NC(=O)CNCC1CC1)C(=O)O. The zero-order chi connectivity index (χ0) is 12.8. The maximum absolute atomic E-state index is 11.4. The van der Waals surface area contributed by atoms with Gasteiger partial charge in [0.15, 0.2) is 0 Å². The molecule has 1 fully saturated rings. The molecule has 0 bridgehead atoms. The number of carboxylic acid groups (broad SMARTS) is 1. The average molecular weight is 243 g/mol. The number of nitrogens with two attached hydrogens (primary N) is 1. The van der Waals surface area contributed by atoms with Crippen LogP contribution < -0.4 is 16.4 Å². The lowest BCUT2D eigenvalue weighted by atomic mass is 10.2. The van der Waals surface area contributed by atoms with E-state index in [1.54, 1.807) is 0 Å². The van der Waals surface area contributed by atoms with Gasteiger partial charge < -0.3 is 21.5 Å². The molecule has 0 radical (unpaired) electrons. The Morgan fingerprint density at radius 3 is 2.47 bits per heavy atom. The molecular weight excluding hydrogens is 226 g/mol. The van der Waals surface area contributed by atoms with Crippen molar-refractivity contribution in [2.75, 3.05) is 13.1 Å². The van der Waals surface area contributed by atoms with E-state index < -0.39 is 30.2 Å². The molecule has 1 rings (SSSR count). The van der Waals surface area contributed by atoms with Gasteiger partial charge in [0, 0.05) is 0 Å². The van der Waals surface area contributed by atoms with Crippen LogP contribution in [0.5, 0.6) is 0 Å². The summed E-state index contributed by atoms with van der Waals surface area (Å²) in [6, 6.07) is -1.25. The van der Waals surface area contributed by atoms with E-state index >= 15 is 0 Å². The van der Waals surface area contributed by atoms with Crippen molar-refractivity contribution >= 4 is 17.8 Å². The van der Waals surface area contributed by atoms with E-state index in [1.807, 2.05) is 0 Å². The molecule has 0 saturated heterocycles. The van der Waals surface area contributed by atoms with Crippen LogP contribution in [0.25, 0.3) is 0 Å². The monoisotopic (exact) mass is 243 g/mol. The lowest BCUT2D eigenvalue weighted by molar-refractivity contribution is -0.143. The summed E-state index contributed by atoms with van der Waals surface area (Å²) < 4.78 is 0. The number of rotatable bonds is 8. The van der Waals surface area contributed by atoms with Gasteiger partial charge in [0.25, 0.3) is 0 Å². The second-order valence-electron chi connectivity index (χ2n) is 4.20. The highest BCUT2D eigenvalue weighted by Gasteiger charge is 2.23. The zero-order valence-electron chi connectivity index (χ0n) is 9.44. The second kappa shape index (κ2) is 6.19. The van der Waals surface area contributed by atoms with Crippen molar-refractivity contribution in [1.82, 2.24) is 10.6 Å². The van der Waals surface area contributed by atoms with Crippen molar-refractivity contribution in [2.45, 2.75) is 25.3 Å². The van der Waals surface area contributed by atoms with Crippen LogP contribution in [0.2, 0.25) is 0 Å². The Morgan fingerprint density at radius 1 is 1.35 bits per heavy atom. The Morgan fingerprint density at radius 2 is 2.00 bits per heavy atom. The maximum atomic E-state index is 11.4. The minimum atomic E-state index is -1.26. The Kier molecular flexibility index (Phi) is 4.89. The van der Waals surface area contributed by atoms with Gasteiger partial charge >= 0.3 is 5.97 Å². The predicted molar refractivity (Wildman–Crippen MR) is 59.0 cm³/mol. The standard InChI is InChI=1S/C10H17N3O4/c11-8(14)3-7(10(16)17)13-9(15)5-12-4-6-1-2-6/h6-7,12H,1-5H2,(H2,11,14)(H,13,15)(H,16,17)/t7-/m0/s1. The number of hydrogen-bond donors (Lipinski definition) is 4. The average Bonchev–Trinajstić information content (AvgIpc) is 2.99. The van der Waals surface area contributed by atoms with Gasteiger partial charge in [0.2, 0.25) is 11.8 Å². The molecule has 0 aromatic carbocycles. The third-order valence-electron chi connectivity index (χ3n) is 2.45. The first-order valence-electron chi connectivity index (χ1n) is 5.50. The first-order valence-corrected chi connectivity index (χ1v) is 5.50. The van der Waals surface area contributed by atoms with E-state index in [2.05, 4.69) is 10.6 Å². The van der Waals surface area contributed by atoms with Crippen LogP contribution in [0.3, 0.4) is 0 Å². The molecule has 0 spiro atoms. The van der Waals surface area contributed by atoms with E-state index in [4.69, 9.17) is 10.8 Å². The first kappa shape index (κ1) is 13.4. The molecule has 0 heterocycles. The Bertz CT molecular complexity index is 315. The molecule has 17 heavy (non-hydrogen) atoms. The number of amides is 2. The second-order valence-corrected chi connectivity index (χ2v) is 4.20. The molecule has 0 aromatic heterocycles. The lowest BCUT2D eigenvalue weighted by Crippen LogP contribution is -2.46. The normalized spacial score (nSPS) is 16.2. The van der Waals surface area contributed by atoms with Crippen LogP contribution in [-0.4, -0.2) is 42.0 Å². The van der Waals surface area contributed by atoms with Crippen LogP contribution in [-0.2, 0) is 14.4 Å². The lowest BCUT2D eigenvalue weighted by Gasteiger charge is -2.12. The highest BCUT2D eigenvalue weighted by molar-refractivity contribution is 5.88. The van der Waals surface area contributed by atoms with Crippen molar-refractivity contribution in [3.63, 3.8) is 0 Å². The minimum absolute atomic E-state index is 0.0546. The quantitative estimate of drug-likeness (QED) is 0.410. The molecule has 0 aromatic rings. The topological polar surface area (TPSA) is 122 Å². The summed E-state index contributed by atoms with van der Waals surface area (Å²) in [7, 11) is 0. The van der Waals surface area contributed by atoms with Crippen molar-refractivity contribution in [3.05, 3.63) is 0 Å². The maximum Gasteiger partial charge on any atom is 0.326 e. The molecule has 0 unspecified atom stereocenters. The Hall–Kier alpha value is -1.63. The van der Waals surface area contributed by atoms with Crippen LogP contribution in [0.4, 0.5) is 0 Å². The molecule has 96 valence electrons. The largest absolute Gasteiger partial charge is 0.480 e. The third-order valence-corrected chi connectivity index (χ3v) is 2.45. The van der Waals surface area contributed by atoms with Gasteiger partial charge in [-0.15, -0.1) is 0 Å². The molecule has 1 atom stereocenters. The van der Waals surface area contributed by atoms with Gasteiger partial charge in [-0.25, -0.2) is 4.79 Å². The predicted octanol–water partition coefficient (Wildman–Crippen LogP) is -1.57. The van der Waals surface area contributed by atoms with E-state index in [0.717, 1.165) is 6.54 Å². The summed E-state index contributed by atoms with van der Waals surface area (Å²) in [4.78, 5) is 32.7. The minimum Gasteiger partial charge on any atom is -0.480 e. The number of carboxylic acids is 1. The van der Waals surface area contributed by atoms with Crippen LogP contribution >= 0.6 is 0 Å². The van der Waals surface area contributed by atoms with Crippen molar-refractivity contribution in [2.24, 2.45) is 11.7 Å². The molecular formula is C10H17N3O4. The van der Waals surface area contributed by atoms with Gasteiger partial charge in [0.1, 0.15) is 6.04 Å². The molecule has 7 heteroatoms. The molecule has 2 amide bonds. The van der Waals surface area contributed by atoms with Crippen molar-refractivity contribution in [3.8, 4) is 0 Å². The molecule has 7 nitrogen and oxygen atoms in total. The molecule has 1 aliphatic rings. The van der Waals surface area contributed by atoms with E-state index in [-0.39, 0.29) is 6.54 Å². The fourth-order valence-electron chi connectivity index (χ4n) is 1.36. The zero-order valence-corrected chi connectivity index (χ0v) is 9.44. The molecule has 5 N–H and O–H groups in total. The summed E-state index contributed by atoms with van der Waals surface area (Å²) in [5.41, 5.74) is 4.89. The van der Waals surface area contributed by atoms with Gasteiger partial charge in [-0.3, -0.25) is 9.59 Å². The Balaban J connectivity index is 2.24. The number of carbonyl (C=O) groups is 3. The van der Waals surface area contributed by atoms with Gasteiger partial charge in [-0.05, 0) is 25.3 Å². The number of hydrogen-bond acceptors (Lipinski definition) is 4. The number of primary amides is 1. The van der Waals surface area contributed by atoms with E-state index in [9.17, 15) is 14.4 Å². The van der Waals surface area contributed by atoms with Gasteiger partial charge in [0.05, 0.1) is 13.0 Å². The summed E-state index contributed by atoms with van der Waals surface area (Å²) in [5.74, 6) is -1.83. The fraction of sp³-hybridized carbons (Fsp3) is 0.700. The molecule has 1 aliphatic carbocycles. The molecule has 1 saturated carbocycles. The summed E-state index contributed by atoms with van der Waals surface area (Å²) in [6.07, 6.45) is 1.95. The van der Waals surface area contributed by atoms with Crippen molar-refractivity contribution < 1.29 is 19.5 Å². The Labute approximate surface area is 98.7 Å². The summed E-state index contributed by atoms with van der Waals surface area (Å²) >= 11 is 0. The van der Waals surface area contributed by atoms with Crippen LogP contribution in [0, 0.1) is 5.92 Å². The van der Waals surface area contributed by atoms with Gasteiger partial charge in [-0.2, -0.15) is 0 Å². The van der Waals surface area contributed by atoms with Crippen LogP contribution in [0.1, 0.15) is 19.3 Å². The number of aliphatic carboxylic acids is 1.